The minimum absolute atomic E-state index is 0.352. The highest BCUT2D eigenvalue weighted by molar-refractivity contribution is 5.05. The van der Waals surface area contributed by atoms with Crippen LogP contribution in [0.2, 0.25) is 0 Å². The van der Waals surface area contributed by atoms with Crippen LogP contribution in [0.3, 0.4) is 0 Å². The summed E-state index contributed by atoms with van der Waals surface area (Å²) in [6.45, 7) is 9.60. The molecule has 0 spiro atoms. The fourth-order valence-corrected chi connectivity index (χ4v) is 4.43. The van der Waals surface area contributed by atoms with Crippen LogP contribution in [0.5, 0.6) is 0 Å². The third-order valence-corrected chi connectivity index (χ3v) is 5.28. The second kappa shape index (κ2) is 5.92. The first-order valence-corrected chi connectivity index (χ1v) is 8.07. The largest absolute Gasteiger partial charge is 0.326 e. The molecule has 18 heavy (non-hydrogen) atoms. The third-order valence-electron chi connectivity index (χ3n) is 5.28. The van der Waals surface area contributed by atoms with E-state index >= 15 is 0 Å². The molecule has 2 atom stereocenters. The number of hydrogen-bond acceptors (Lipinski definition) is 2. The Hall–Kier alpha value is -0.0800. The zero-order valence-electron chi connectivity index (χ0n) is 12.6. The van der Waals surface area contributed by atoms with Gasteiger partial charge in [-0.3, -0.25) is 4.90 Å². The average molecular weight is 252 g/mol. The normalized spacial score (nSPS) is 27.8. The Morgan fingerprint density at radius 1 is 1.00 bits per heavy atom. The summed E-state index contributed by atoms with van der Waals surface area (Å²) < 4.78 is 0. The zero-order valence-corrected chi connectivity index (χ0v) is 12.6. The van der Waals surface area contributed by atoms with Gasteiger partial charge < -0.3 is 5.73 Å². The summed E-state index contributed by atoms with van der Waals surface area (Å²) in [6.07, 6.45) is 9.50. The van der Waals surface area contributed by atoms with Crippen LogP contribution >= 0.6 is 0 Å². The van der Waals surface area contributed by atoms with E-state index in [0.717, 1.165) is 5.92 Å². The van der Waals surface area contributed by atoms with E-state index in [1.807, 2.05) is 0 Å². The molecule has 2 unspecified atom stereocenters. The summed E-state index contributed by atoms with van der Waals surface area (Å²) in [5, 5.41) is 0. The first-order valence-electron chi connectivity index (χ1n) is 8.07. The number of rotatable bonds is 5. The molecule has 1 saturated heterocycles. The number of likely N-dealkylation sites (tertiary alicyclic amines) is 1. The fraction of sp³-hybridized carbons (Fsp3) is 1.00. The molecule has 0 amide bonds. The molecule has 2 N–H and O–H groups in total. The summed E-state index contributed by atoms with van der Waals surface area (Å²) in [7, 11) is 0. The number of hydrogen-bond donors (Lipinski definition) is 1. The van der Waals surface area contributed by atoms with Gasteiger partial charge in [0.05, 0.1) is 0 Å². The second-order valence-electron chi connectivity index (χ2n) is 7.14. The third kappa shape index (κ3) is 2.75. The molecule has 2 fully saturated rings. The molecular formula is C16H32N2. The van der Waals surface area contributed by atoms with Gasteiger partial charge in [0.25, 0.3) is 0 Å². The van der Waals surface area contributed by atoms with Crippen LogP contribution in [0.15, 0.2) is 0 Å². The molecule has 2 heteroatoms. The van der Waals surface area contributed by atoms with Crippen LogP contribution in [0.25, 0.3) is 0 Å². The highest BCUT2D eigenvalue weighted by Crippen LogP contribution is 2.42. The van der Waals surface area contributed by atoms with Crippen LogP contribution in [-0.4, -0.2) is 29.6 Å². The number of nitrogens with two attached hydrogens (primary N) is 1. The first kappa shape index (κ1) is 14.3. The van der Waals surface area contributed by atoms with Crippen molar-refractivity contribution in [2.45, 2.75) is 77.3 Å². The summed E-state index contributed by atoms with van der Waals surface area (Å²) in [5.41, 5.74) is 7.10. The lowest BCUT2D eigenvalue weighted by Gasteiger charge is -2.46. The van der Waals surface area contributed by atoms with E-state index in [4.69, 9.17) is 5.73 Å². The summed E-state index contributed by atoms with van der Waals surface area (Å²) in [4.78, 5) is 2.75. The Labute approximate surface area is 113 Å². The van der Waals surface area contributed by atoms with Gasteiger partial charge in [0.1, 0.15) is 0 Å². The van der Waals surface area contributed by atoms with Crippen molar-refractivity contribution >= 4 is 0 Å². The van der Waals surface area contributed by atoms with Crippen LogP contribution in [0.4, 0.5) is 0 Å². The zero-order chi connectivity index (χ0) is 13.2. The van der Waals surface area contributed by atoms with Gasteiger partial charge >= 0.3 is 0 Å². The van der Waals surface area contributed by atoms with E-state index in [-0.39, 0.29) is 0 Å². The lowest BCUT2D eigenvalue weighted by atomic mass is 9.77. The minimum atomic E-state index is 0.352. The van der Waals surface area contributed by atoms with Crippen molar-refractivity contribution in [3.8, 4) is 0 Å². The highest BCUT2D eigenvalue weighted by Gasteiger charge is 2.46. The predicted molar refractivity (Wildman–Crippen MR) is 78.6 cm³/mol. The maximum absolute atomic E-state index is 6.74. The molecule has 0 aromatic rings. The van der Waals surface area contributed by atoms with Crippen LogP contribution in [0.1, 0.15) is 65.7 Å². The molecule has 2 nitrogen and oxygen atoms in total. The van der Waals surface area contributed by atoms with Crippen LogP contribution < -0.4 is 5.73 Å². The molecular weight excluding hydrogens is 220 g/mol. The predicted octanol–water partition coefficient (Wildman–Crippen LogP) is 3.40. The summed E-state index contributed by atoms with van der Waals surface area (Å²) in [5.74, 6) is 1.42. The molecule has 1 aliphatic carbocycles. The van der Waals surface area contributed by atoms with Crippen molar-refractivity contribution in [1.29, 1.82) is 0 Å². The molecule has 1 heterocycles. The van der Waals surface area contributed by atoms with Gasteiger partial charge in [0.15, 0.2) is 0 Å². The first-order chi connectivity index (χ1) is 8.56. The topological polar surface area (TPSA) is 29.3 Å². The summed E-state index contributed by atoms with van der Waals surface area (Å²) in [6, 6.07) is 0.375. The molecule has 1 aliphatic heterocycles. The quantitative estimate of drug-likeness (QED) is 0.812. The Morgan fingerprint density at radius 3 is 2.06 bits per heavy atom. The summed E-state index contributed by atoms with van der Waals surface area (Å²) >= 11 is 0. The van der Waals surface area contributed by atoms with Crippen molar-refractivity contribution < 1.29 is 0 Å². The Kier molecular flexibility index (Phi) is 4.71. The number of nitrogens with zero attached hydrogens (tertiary/aromatic N) is 1. The van der Waals surface area contributed by atoms with Crippen LogP contribution in [0, 0.1) is 11.8 Å². The van der Waals surface area contributed by atoms with Gasteiger partial charge in [0, 0.05) is 11.6 Å². The maximum atomic E-state index is 6.74. The van der Waals surface area contributed by atoms with E-state index in [2.05, 4.69) is 25.7 Å². The van der Waals surface area contributed by atoms with Gasteiger partial charge in [-0.1, -0.05) is 33.6 Å². The molecule has 0 aromatic carbocycles. The van der Waals surface area contributed by atoms with E-state index in [0.29, 0.717) is 17.5 Å². The maximum Gasteiger partial charge on any atom is 0.0363 e. The van der Waals surface area contributed by atoms with Gasteiger partial charge in [0.2, 0.25) is 0 Å². The molecule has 1 saturated carbocycles. The Bertz CT molecular complexity index is 250. The second-order valence-corrected chi connectivity index (χ2v) is 7.14. The van der Waals surface area contributed by atoms with Crippen molar-refractivity contribution in [3.05, 3.63) is 0 Å². The SMILES string of the molecule is CC(C)CC(C)C(N)C1(N2CCCC2)CCCC1. The highest BCUT2D eigenvalue weighted by atomic mass is 15.2. The van der Waals surface area contributed by atoms with E-state index in [1.165, 1.54) is 58.0 Å². The van der Waals surface area contributed by atoms with Gasteiger partial charge in [-0.2, -0.15) is 0 Å². The van der Waals surface area contributed by atoms with Crippen molar-refractivity contribution in [3.63, 3.8) is 0 Å². The standard InChI is InChI=1S/C16H32N2/c1-13(2)12-14(3)15(17)16(8-4-5-9-16)18-10-6-7-11-18/h13-15H,4-12,17H2,1-3H3. The lowest BCUT2D eigenvalue weighted by molar-refractivity contribution is 0.0669. The molecule has 0 bridgehead atoms. The molecule has 0 aromatic heterocycles. The Balaban J connectivity index is 2.08. The molecule has 2 rings (SSSR count). The molecule has 106 valence electrons. The molecule has 2 aliphatic rings. The van der Waals surface area contributed by atoms with E-state index in [9.17, 15) is 0 Å². The van der Waals surface area contributed by atoms with Gasteiger partial charge in [-0.15, -0.1) is 0 Å². The monoisotopic (exact) mass is 252 g/mol. The van der Waals surface area contributed by atoms with Crippen molar-refractivity contribution in [2.75, 3.05) is 13.1 Å². The van der Waals surface area contributed by atoms with Crippen LogP contribution in [-0.2, 0) is 0 Å². The average Bonchev–Trinajstić information content (AvgIpc) is 2.98. The van der Waals surface area contributed by atoms with E-state index < -0.39 is 0 Å². The smallest absolute Gasteiger partial charge is 0.0363 e. The minimum Gasteiger partial charge on any atom is -0.326 e. The lowest BCUT2D eigenvalue weighted by Crippen LogP contribution is -2.60. The Morgan fingerprint density at radius 2 is 1.56 bits per heavy atom. The van der Waals surface area contributed by atoms with E-state index in [1.54, 1.807) is 0 Å². The van der Waals surface area contributed by atoms with Gasteiger partial charge in [-0.05, 0) is 57.0 Å². The molecule has 0 radical (unpaired) electrons. The fourth-order valence-electron chi connectivity index (χ4n) is 4.43. The van der Waals surface area contributed by atoms with Crippen molar-refractivity contribution in [1.82, 2.24) is 4.90 Å². The van der Waals surface area contributed by atoms with Crippen molar-refractivity contribution in [2.24, 2.45) is 17.6 Å². The van der Waals surface area contributed by atoms with Gasteiger partial charge in [-0.25, -0.2) is 0 Å².